The standard InChI is InChI=1S/C12H14IN3O/c13-8-5-6-11(14-7-8)16-10-4-2-1-3-9(10)15-12(16)17/h5-7,9-10H,1-4H2,(H,15,17)/t9-,10-/m0/s1. The van der Waals surface area contributed by atoms with Gasteiger partial charge >= 0.3 is 6.03 Å². The fourth-order valence-electron chi connectivity index (χ4n) is 2.75. The fourth-order valence-corrected chi connectivity index (χ4v) is 3.07. The summed E-state index contributed by atoms with van der Waals surface area (Å²) >= 11 is 2.22. The van der Waals surface area contributed by atoms with Crippen LogP contribution < -0.4 is 10.2 Å². The van der Waals surface area contributed by atoms with Crippen LogP contribution in [0.4, 0.5) is 10.6 Å². The van der Waals surface area contributed by atoms with E-state index in [2.05, 4.69) is 32.9 Å². The molecule has 1 aliphatic heterocycles. The number of nitrogens with zero attached hydrogens (tertiary/aromatic N) is 2. The lowest BCUT2D eigenvalue weighted by Crippen LogP contribution is -2.39. The number of aromatic nitrogens is 1. The number of pyridine rings is 1. The van der Waals surface area contributed by atoms with E-state index >= 15 is 0 Å². The van der Waals surface area contributed by atoms with Gasteiger partial charge in [-0.05, 0) is 47.6 Å². The summed E-state index contributed by atoms with van der Waals surface area (Å²) in [5.74, 6) is 0.775. The molecule has 1 aromatic heterocycles. The maximum atomic E-state index is 12.0. The van der Waals surface area contributed by atoms with Crippen LogP contribution in [-0.4, -0.2) is 23.1 Å². The summed E-state index contributed by atoms with van der Waals surface area (Å²) in [4.78, 5) is 18.2. The Morgan fingerprint density at radius 2 is 2.18 bits per heavy atom. The normalized spacial score (nSPS) is 27.8. The summed E-state index contributed by atoms with van der Waals surface area (Å²) in [6.07, 6.45) is 6.40. The summed E-state index contributed by atoms with van der Waals surface area (Å²) in [5.41, 5.74) is 0. The molecule has 1 saturated carbocycles. The molecule has 1 N–H and O–H groups in total. The predicted octanol–water partition coefficient (Wildman–Crippen LogP) is 2.53. The summed E-state index contributed by atoms with van der Waals surface area (Å²) < 4.78 is 1.09. The van der Waals surface area contributed by atoms with Crippen molar-refractivity contribution >= 4 is 34.4 Å². The van der Waals surface area contributed by atoms with Gasteiger partial charge in [-0.2, -0.15) is 0 Å². The van der Waals surface area contributed by atoms with Crippen LogP contribution in [0, 0.1) is 3.57 Å². The van der Waals surface area contributed by atoms with E-state index < -0.39 is 0 Å². The molecule has 17 heavy (non-hydrogen) atoms. The minimum absolute atomic E-state index is 0.00982. The zero-order valence-electron chi connectivity index (χ0n) is 9.40. The molecule has 2 fully saturated rings. The number of urea groups is 1. The molecule has 0 spiro atoms. The Balaban J connectivity index is 1.90. The average molecular weight is 343 g/mol. The Morgan fingerprint density at radius 3 is 2.94 bits per heavy atom. The number of fused-ring (bicyclic) bond motifs is 1. The van der Waals surface area contributed by atoms with Crippen molar-refractivity contribution in [3.63, 3.8) is 0 Å². The molecule has 1 aromatic rings. The average Bonchev–Trinajstić information content (AvgIpc) is 2.66. The third kappa shape index (κ3) is 2.00. The minimum atomic E-state index is 0.00982. The zero-order chi connectivity index (χ0) is 11.8. The Hall–Kier alpha value is -0.850. The lowest BCUT2D eigenvalue weighted by Gasteiger charge is -2.29. The smallest absolute Gasteiger partial charge is 0.323 e. The molecule has 3 rings (SSSR count). The number of hydrogen-bond acceptors (Lipinski definition) is 2. The van der Waals surface area contributed by atoms with Crippen molar-refractivity contribution in [1.82, 2.24) is 10.3 Å². The van der Waals surface area contributed by atoms with E-state index in [1.165, 1.54) is 12.8 Å². The first kappa shape index (κ1) is 11.3. The maximum Gasteiger partial charge on any atom is 0.323 e. The Labute approximate surface area is 114 Å². The summed E-state index contributed by atoms with van der Waals surface area (Å²) in [6, 6.07) is 4.54. The van der Waals surface area contributed by atoms with Crippen molar-refractivity contribution in [2.24, 2.45) is 0 Å². The molecule has 0 aromatic carbocycles. The summed E-state index contributed by atoms with van der Waals surface area (Å²) in [7, 11) is 0. The van der Waals surface area contributed by atoms with Crippen molar-refractivity contribution in [3.05, 3.63) is 21.9 Å². The Morgan fingerprint density at radius 1 is 1.35 bits per heavy atom. The van der Waals surface area contributed by atoms with Crippen LogP contribution in [0.25, 0.3) is 0 Å². The van der Waals surface area contributed by atoms with Gasteiger partial charge in [0.05, 0.1) is 12.1 Å². The second-order valence-electron chi connectivity index (χ2n) is 4.61. The molecule has 90 valence electrons. The maximum absolute atomic E-state index is 12.0. The largest absolute Gasteiger partial charge is 0.333 e. The van der Waals surface area contributed by atoms with Gasteiger partial charge in [-0.25, -0.2) is 9.78 Å². The molecule has 2 aliphatic rings. The third-order valence-corrected chi connectivity index (χ3v) is 4.19. The fraction of sp³-hybridized carbons (Fsp3) is 0.500. The van der Waals surface area contributed by atoms with Crippen LogP contribution in [0.5, 0.6) is 0 Å². The van der Waals surface area contributed by atoms with Crippen LogP contribution in [0.1, 0.15) is 25.7 Å². The van der Waals surface area contributed by atoms with E-state index in [0.29, 0.717) is 12.1 Å². The highest BCUT2D eigenvalue weighted by Crippen LogP contribution is 2.31. The highest BCUT2D eigenvalue weighted by molar-refractivity contribution is 14.1. The molecule has 0 bridgehead atoms. The zero-order valence-corrected chi connectivity index (χ0v) is 11.6. The second kappa shape index (κ2) is 4.44. The molecule has 0 unspecified atom stereocenters. The van der Waals surface area contributed by atoms with Crippen molar-refractivity contribution in [2.45, 2.75) is 37.8 Å². The molecular weight excluding hydrogens is 329 g/mol. The van der Waals surface area contributed by atoms with E-state index in [9.17, 15) is 4.79 Å². The summed E-state index contributed by atoms with van der Waals surface area (Å²) in [5, 5.41) is 3.06. The molecular formula is C12H14IN3O. The predicted molar refractivity (Wildman–Crippen MR) is 74.0 cm³/mol. The number of rotatable bonds is 1. The van der Waals surface area contributed by atoms with Gasteiger partial charge < -0.3 is 5.32 Å². The van der Waals surface area contributed by atoms with Crippen molar-refractivity contribution in [3.8, 4) is 0 Å². The van der Waals surface area contributed by atoms with Crippen LogP contribution in [0.15, 0.2) is 18.3 Å². The quantitative estimate of drug-likeness (QED) is 0.797. The molecule has 4 nitrogen and oxygen atoms in total. The molecule has 0 radical (unpaired) electrons. The molecule has 1 saturated heterocycles. The van der Waals surface area contributed by atoms with Gasteiger partial charge in [0, 0.05) is 9.77 Å². The van der Waals surface area contributed by atoms with Gasteiger partial charge in [0.15, 0.2) is 0 Å². The number of carbonyl (C=O) groups is 1. The number of halogens is 1. The van der Waals surface area contributed by atoms with E-state index in [0.717, 1.165) is 22.2 Å². The minimum Gasteiger partial charge on any atom is -0.333 e. The van der Waals surface area contributed by atoms with Gasteiger partial charge in [0.1, 0.15) is 5.82 Å². The first-order valence-electron chi connectivity index (χ1n) is 5.97. The van der Waals surface area contributed by atoms with E-state index in [1.54, 1.807) is 6.20 Å². The first-order valence-corrected chi connectivity index (χ1v) is 7.05. The van der Waals surface area contributed by atoms with Crippen molar-refractivity contribution in [2.75, 3.05) is 4.90 Å². The number of carbonyl (C=O) groups excluding carboxylic acids is 1. The van der Waals surface area contributed by atoms with E-state index in [4.69, 9.17) is 0 Å². The molecule has 1 aliphatic carbocycles. The molecule has 2 amide bonds. The van der Waals surface area contributed by atoms with Crippen LogP contribution >= 0.6 is 22.6 Å². The number of hydrogen-bond donors (Lipinski definition) is 1. The van der Waals surface area contributed by atoms with Gasteiger partial charge in [0.25, 0.3) is 0 Å². The number of nitrogens with one attached hydrogen (secondary N) is 1. The van der Waals surface area contributed by atoms with Crippen LogP contribution in [-0.2, 0) is 0 Å². The SMILES string of the molecule is O=C1N[C@H]2CCCC[C@@H]2N1c1ccc(I)cn1. The lowest BCUT2D eigenvalue weighted by atomic mass is 9.91. The molecule has 5 heteroatoms. The third-order valence-electron chi connectivity index (χ3n) is 3.55. The van der Waals surface area contributed by atoms with Gasteiger partial charge in [-0.3, -0.25) is 4.90 Å². The lowest BCUT2D eigenvalue weighted by molar-refractivity contribution is 0.250. The van der Waals surface area contributed by atoms with Gasteiger partial charge in [-0.15, -0.1) is 0 Å². The Bertz CT molecular complexity index is 434. The van der Waals surface area contributed by atoms with Crippen LogP contribution in [0.3, 0.4) is 0 Å². The van der Waals surface area contributed by atoms with Crippen molar-refractivity contribution < 1.29 is 4.79 Å². The van der Waals surface area contributed by atoms with E-state index in [-0.39, 0.29) is 6.03 Å². The second-order valence-corrected chi connectivity index (χ2v) is 5.86. The van der Waals surface area contributed by atoms with Crippen molar-refractivity contribution in [1.29, 1.82) is 0 Å². The molecule has 2 heterocycles. The molecule has 2 atom stereocenters. The first-order chi connectivity index (χ1) is 8.25. The number of amides is 2. The topological polar surface area (TPSA) is 45.2 Å². The Kier molecular flexibility index (Phi) is 2.94. The van der Waals surface area contributed by atoms with E-state index in [1.807, 2.05) is 17.0 Å². The number of anilines is 1. The van der Waals surface area contributed by atoms with Crippen LogP contribution in [0.2, 0.25) is 0 Å². The highest BCUT2D eigenvalue weighted by atomic mass is 127. The monoisotopic (exact) mass is 343 g/mol. The van der Waals surface area contributed by atoms with Gasteiger partial charge in [-0.1, -0.05) is 12.8 Å². The highest BCUT2D eigenvalue weighted by Gasteiger charge is 2.41. The summed E-state index contributed by atoms with van der Waals surface area (Å²) in [6.45, 7) is 0. The van der Waals surface area contributed by atoms with Gasteiger partial charge in [0.2, 0.25) is 0 Å².